The second-order valence-corrected chi connectivity index (χ2v) is 4.76. The molecule has 4 heteroatoms. The predicted molar refractivity (Wildman–Crippen MR) is 79.1 cm³/mol. The second kappa shape index (κ2) is 5.55. The highest BCUT2D eigenvalue weighted by molar-refractivity contribution is 5.91. The third-order valence-electron chi connectivity index (χ3n) is 3.69. The third kappa shape index (κ3) is 1.95. The van der Waals surface area contributed by atoms with Crippen LogP contribution >= 0.6 is 0 Å². The number of rotatable bonds is 2. The van der Waals surface area contributed by atoms with Gasteiger partial charge in [0.25, 0.3) is 6.47 Å². The highest BCUT2D eigenvalue weighted by atomic mass is 16.5. The van der Waals surface area contributed by atoms with Crippen LogP contribution in [0.1, 0.15) is 28.4 Å². The first-order chi connectivity index (χ1) is 10.8. The standard InChI is InChI=1S/C18H10N2O2/c19-9-12(10-20)17-13-5-1-3-7-15(13)18(22-11-21)16-8-4-2-6-14(16)17/h1-8,11,18H. The van der Waals surface area contributed by atoms with Gasteiger partial charge in [0.2, 0.25) is 0 Å². The zero-order valence-corrected chi connectivity index (χ0v) is 11.5. The normalized spacial score (nSPS) is 14.8. The molecule has 3 rings (SSSR count). The molecular weight excluding hydrogens is 276 g/mol. The first kappa shape index (κ1) is 13.6. The lowest BCUT2D eigenvalue weighted by Crippen LogP contribution is -2.16. The number of ether oxygens (including phenoxy) is 1. The molecular formula is C18H10N2O2. The maximum absolute atomic E-state index is 10.9. The average Bonchev–Trinajstić information content (AvgIpc) is 2.58. The van der Waals surface area contributed by atoms with Crippen molar-refractivity contribution in [3.8, 4) is 12.1 Å². The smallest absolute Gasteiger partial charge is 0.294 e. The molecule has 22 heavy (non-hydrogen) atoms. The van der Waals surface area contributed by atoms with Crippen molar-refractivity contribution >= 4 is 12.0 Å². The number of nitriles is 2. The summed E-state index contributed by atoms with van der Waals surface area (Å²) in [6, 6.07) is 18.6. The fourth-order valence-corrected chi connectivity index (χ4v) is 2.83. The Morgan fingerprint density at radius 2 is 1.45 bits per heavy atom. The van der Waals surface area contributed by atoms with Crippen LogP contribution in [-0.4, -0.2) is 6.47 Å². The van der Waals surface area contributed by atoms with Gasteiger partial charge in [0.1, 0.15) is 17.7 Å². The van der Waals surface area contributed by atoms with Crippen molar-refractivity contribution in [2.75, 3.05) is 0 Å². The highest BCUT2D eigenvalue weighted by Crippen LogP contribution is 2.44. The molecule has 0 radical (unpaired) electrons. The van der Waals surface area contributed by atoms with Crippen molar-refractivity contribution in [3.05, 3.63) is 76.4 Å². The molecule has 0 heterocycles. The summed E-state index contributed by atoms with van der Waals surface area (Å²) < 4.78 is 5.26. The third-order valence-corrected chi connectivity index (χ3v) is 3.69. The van der Waals surface area contributed by atoms with Crippen molar-refractivity contribution < 1.29 is 9.53 Å². The molecule has 0 saturated carbocycles. The monoisotopic (exact) mass is 286 g/mol. The Balaban J connectivity index is 2.41. The molecule has 4 nitrogen and oxygen atoms in total. The lowest BCUT2D eigenvalue weighted by Gasteiger charge is -2.28. The Kier molecular flexibility index (Phi) is 3.43. The molecule has 0 atom stereocenters. The fourth-order valence-electron chi connectivity index (χ4n) is 2.83. The van der Waals surface area contributed by atoms with Crippen LogP contribution in [-0.2, 0) is 9.53 Å². The quantitative estimate of drug-likeness (QED) is 0.628. The van der Waals surface area contributed by atoms with Gasteiger partial charge in [-0.15, -0.1) is 0 Å². The second-order valence-electron chi connectivity index (χ2n) is 4.76. The van der Waals surface area contributed by atoms with Gasteiger partial charge in [-0.25, -0.2) is 0 Å². The molecule has 0 unspecified atom stereocenters. The molecule has 0 amide bonds. The van der Waals surface area contributed by atoms with E-state index in [4.69, 9.17) is 4.74 Å². The molecule has 1 aliphatic rings. The van der Waals surface area contributed by atoms with E-state index in [1.54, 1.807) is 0 Å². The summed E-state index contributed by atoms with van der Waals surface area (Å²) in [4.78, 5) is 10.9. The van der Waals surface area contributed by atoms with E-state index >= 15 is 0 Å². The number of hydrogen-bond acceptors (Lipinski definition) is 4. The van der Waals surface area contributed by atoms with E-state index < -0.39 is 6.10 Å². The van der Waals surface area contributed by atoms with E-state index in [2.05, 4.69) is 0 Å². The van der Waals surface area contributed by atoms with E-state index in [0.717, 1.165) is 22.3 Å². The zero-order chi connectivity index (χ0) is 15.5. The van der Waals surface area contributed by atoms with Crippen LogP contribution in [0, 0.1) is 22.7 Å². The highest BCUT2D eigenvalue weighted by Gasteiger charge is 2.31. The lowest BCUT2D eigenvalue weighted by atomic mass is 9.78. The predicted octanol–water partition coefficient (Wildman–Crippen LogP) is 3.11. The largest absolute Gasteiger partial charge is 0.455 e. The topological polar surface area (TPSA) is 73.9 Å². The number of allylic oxidation sites excluding steroid dienone is 1. The van der Waals surface area contributed by atoms with Crippen LogP contribution in [0.2, 0.25) is 0 Å². The summed E-state index contributed by atoms with van der Waals surface area (Å²) in [5.41, 5.74) is 3.65. The molecule has 0 spiro atoms. The van der Waals surface area contributed by atoms with Crippen LogP contribution in [0.25, 0.3) is 5.57 Å². The van der Waals surface area contributed by atoms with Gasteiger partial charge in [-0.05, 0) is 11.1 Å². The van der Waals surface area contributed by atoms with Gasteiger partial charge >= 0.3 is 0 Å². The summed E-state index contributed by atoms with van der Waals surface area (Å²) in [7, 11) is 0. The molecule has 0 N–H and O–H groups in total. The maximum Gasteiger partial charge on any atom is 0.294 e. The number of hydrogen-bond donors (Lipinski definition) is 0. The van der Waals surface area contributed by atoms with Crippen molar-refractivity contribution in [3.63, 3.8) is 0 Å². The number of carbonyl (C=O) groups is 1. The fraction of sp³-hybridized carbons (Fsp3) is 0.0556. The maximum atomic E-state index is 10.9. The van der Waals surface area contributed by atoms with Crippen molar-refractivity contribution in [1.29, 1.82) is 10.5 Å². The molecule has 2 aromatic rings. The summed E-state index contributed by atoms with van der Waals surface area (Å²) in [6.45, 7) is 0.419. The van der Waals surface area contributed by atoms with E-state index in [0.29, 0.717) is 12.0 Å². The van der Waals surface area contributed by atoms with Crippen LogP contribution in [0.5, 0.6) is 0 Å². The van der Waals surface area contributed by atoms with E-state index in [1.807, 2.05) is 60.7 Å². The van der Waals surface area contributed by atoms with E-state index in [1.165, 1.54) is 0 Å². The average molecular weight is 286 g/mol. The Morgan fingerprint density at radius 1 is 0.955 bits per heavy atom. The first-order valence-corrected chi connectivity index (χ1v) is 6.64. The van der Waals surface area contributed by atoms with Gasteiger partial charge in [-0.1, -0.05) is 48.5 Å². The van der Waals surface area contributed by atoms with Crippen molar-refractivity contribution in [1.82, 2.24) is 0 Å². The summed E-state index contributed by atoms with van der Waals surface area (Å²) >= 11 is 0. The molecule has 0 aromatic heterocycles. The van der Waals surface area contributed by atoms with Gasteiger partial charge in [0, 0.05) is 16.7 Å². The Bertz CT molecular complexity index is 804. The van der Waals surface area contributed by atoms with Crippen LogP contribution < -0.4 is 0 Å². The number of carbonyl (C=O) groups excluding carboxylic acids is 1. The van der Waals surface area contributed by atoms with Gasteiger partial charge in [-0.3, -0.25) is 4.79 Å². The van der Waals surface area contributed by atoms with E-state index in [9.17, 15) is 15.3 Å². The van der Waals surface area contributed by atoms with Gasteiger partial charge < -0.3 is 4.74 Å². The molecule has 0 bridgehead atoms. The van der Waals surface area contributed by atoms with Crippen LogP contribution in [0.3, 0.4) is 0 Å². The SMILES string of the molecule is N#CC(C#N)=C1c2ccccc2C(OC=O)c2ccccc21. The van der Waals surface area contributed by atoms with Gasteiger partial charge in [0.05, 0.1) is 0 Å². The minimum Gasteiger partial charge on any atom is -0.455 e. The van der Waals surface area contributed by atoms with Crippen LogP contribution in [0.15, 0.2) is 54.1 Å². The molecule has 2 aromatic carbocycles. The number of benzene rings is 2. The Morgan fingerprint density at radius 3 is 1.91 bits per heavy atom. The molecule has 0 aliphatic heterocycles. The minimum atomic E-state index is -0.535. The number of nitrogens with zero attached hydrogens (tertiary/aromatic N) is 2. The first-order valence-electron chi connectivity index (χ1n) is 6.64. The summed E-state index contributed by atoms with van der Waals surface area (Å²) in [6.07, 6.45) is -0.535. The Hall–Kier alpha value is -3.37. The Labute approximate surface area is 127 Å². The van der Waals surface area contributed by atoms with Crippen LogP contribution in [0.4, 0.5) is 0 Å². The number of fused-ring (bicyclic) bond motifs is 2. The molecule has 0 fully saturated rings. The zero-order valence-electron chi connectivity index (χ0n) is 11.5. The minimum absolute atomic E-state index is 0.0458. The van der Waals surface area contributed by atoms with Crippen molar-refractivity contribution in [2.24, 2.45) is 0 Å². The molecule has 1 aliphatic carbocycles. The van der Waals surface area contributed by atoms with Gasteiger partial charge in [-0.2, -0.15) is 10.5 Å². The van der Waals surface area contributed by atoms with E-state index in [-0.39, 0.29) is 5.57 Å². The molecule has 0 saturated heterocycles. The summed E-state index contributed by atoms with van der Waals surface area (Å²) in [5, 5.41) is 18.6. The molecule has 104 valence electrons. The van der Waals surface area contributed by atoms with Crippen molar-refractivity contribution in [2.45, 2.75) is 6.10 Å². The lowest BCUT2D eigenvalue weighted by molar-refractivity contribution is -0.132. The van der Waals surface area contributed by atoms with Gasteiger partial charge in [0.15, 0.2) is 6.10 Å². The summed E-state index contributed by atoms with van der Waals surface area (Å²) in [5.74, 6) is 0.